The number of nitrogens with one attached hydrogen (secondary N) is 1. The van der Waals surface area contributed by atoms with Gasteiger partial charge >= 0.3 is 0 Å². The first kappa shape index (κ1) is 14.2. The van der Waals surface area contributed by atoms with E-state index in [-0.39, 0.29) is 6.04 Å². The molecule has 1 aromatic heterocycles. The number of rotatable bonds is 5. The summed E-state index contributed by atoms with van der Waals surface area (Å²) in [5.74, 6) is 5.75. The van der Waals surface area contributed by atoms with E-state index in [9.17, 15) is 0 Å². The van der Waals surface area contributed by atoms with Gasteiger partial charge in [-0.15, -0.1) is 11.3 Å². The lowest BCUT2D eigenvalue weighted by Crippen LogP contribution is -2.38. The minimum Gasteiger partial charge on any atom is -0.271 e. The van der Waals surface area contributed by atoms with Gasteiger partial charge in [0.2, 0.25) is 0 Å². The van der Waals surface area contributed by atoms with Crippen LogP contribution < -0.4 is 11.3 Å². The van der Waals surface area contributed by atoms with E-state index in [0.29, 0.717) is 0 Å². The molecule has 0 aliphatic heterocycles. The van der Waals surface area contributed by atoms with Crippen LogP contribution in [0.2, 0.25) is 0 Å². The molecule has 0 radical (unpaired) electrons. The molecule has 0 saturated carbocycles. The number of fused-ring (bicyclic) bond motifs is 1. The number of hydrazine groups is 1. The van der Waals surface area contributed by atoms with E-state index in [4.69, 9.17) is 5.84 Å². The van der Waals surface area contributed by atoms with Crippen LogP contribution in [0.3, 0.4) is 0 Å². The van der Waals surface area contributed by atoms with Gasteiger partial charge in [0.1, 0.15) is 0 Å². The lowest BCUT2D eigenvalue weighted by Gasteiger charge is -2.16. The van der Waals surface area contributed by atoms with E-state index >= 15 is 0 Å². The average Bonchev–Trinajstić information content (AvgIpc) is 2.92. The molecule has 0 aliphatic rings. The molecule has 3 aromatic rings. The number of aromatic nitrogens is 1. The second-order valence-electron chi connectivity index (χ2n) is 5.29. The minimum absolute atomic E-state index is 0.196. The molecule has 0 spiro atoms. The molecular formula is C17H19N3S. The first-order valence-corrected chi connectivity index (χ1v) is 7.98. The van der Waals surface area contributed by atoms with Gasteiger partial charge in [-0.3, -0.25) is 11.3 Å². The fourth-order valence-electron chi connectivity index (χ4n) is 2.63. The highest BCUT2D eigenvalue weighted by atomic mass is 32.1. The molecule has 0 saturated heterocycles. The van der Waals surface area contributed by atoms with Gasteiger partial charge in [-0.2, -0.15) is 0 Å². The summed E-state index contributed by atoms with van der Waals surface area (Å²) in [5.41, 5.74) is 5.34. The Morgan fingerprint density at radius 2 is 1.95 bits per heavy atom. The number of aryl methyl sites for hydroxylation is 1. The van der Waals surface area contributed by atoms with Crippen molar-refractivity contribution in [2.45, 2.75) is 25.8 Å². The van der Waals surface area contributed by atoms with Crippen LogP contribution in [0.15, 0.2) is 47.8 Å². The van der Waals surface area contributed by atoms with Crippen molar-refractivity contribution >= 4 is 22.1 Å². The zero-order valence-corrected chi connectivity index (χ0v) is 12.9. The summed E-state index contributed by atoms with van der Waals surface area (Å²) in [6.45, 7) is 2.02. The standard InChI is InChI=1S/C17H19N3S/c1-12-11-21-17(19-12)10-15(20-18)9-14-7-4-6-13-5-2-3-8-16(13)14/h2-8,11,15,20H,9-10,18H2,1H3. The SMILES string of the molecule is Cc1csc(CC(Cc2cccc3ccccc23)NN)n1. The maximum Gasteiger partial charge on any atom is 0.0944 e. The molecular weight excluding hydrogens is 278 g/mol. The van der Waals surface area contributed by atoms with E-state index in [1.165, 1.54) is 16.3 Å². The van der Waals surface area contributed by atoms with Crippen molar-refractivity contribution in [2.24, 2.45) is 5.84 Å². The molecule has 108 valence electrons. The number of nitrogens with zero attached hydrogens (tertiary/aromatic N) is 1. The van der Waals surface area contributed by atoms with Crippen LogP contribution in [0.25, 0.3) is 10.8 Å². The van der Waals surface area contributed by atoms with Crippen molar-refractivity contribution in [1.82, 2.24) is 10.4 Å². The second-order valence-corrected chi connectivity index (χ2v) is 6.24. The first-order valence-electron chi connectivity index (χ1n) is 7.10. The van der Waals surface area contributed by atoms with E-state index in [0.717, 1.165) is 23.5 Å². The molecule has 4 heteroatoms. The molecule has 21 heavy (non-hydrogen) atoms. The summed E-state index contributed by atoms with van der Waals surface area (Å²) in [7, 11) is 0. The number of thiazole rings is 1. The van der Waals surface area contributed by atoms with Crippen LogP contribution >= 0.6 is 11.3 Å². The third kappa shape index (κ3) is 3.29. The molecule has 0 amide bonds. The molecule has 0 bridgehead atoms. The van der Waals surface area contributed by atoms with Crippen molar-refractivity contribution in [3.05, 3.63) is 64.1 Å². The van der Waals surface area contributed by atoms with Gasteiger partial charge in [-0.05, 0) is 29.7 Å². The zero-order valence-electron chi connectivity index (χ0n) is 12.0. The van der Waals surface area contributed by atoms with E-state index in [2.05, 4.69) is 58.3 Å². The first-order chi connectivity index (χ1) is 10.3. The normalized spacial score (nSPS) is 12.7. The Hall–Kier alpha value is -1.75. The van der Waals surface area contributed by atoms with Crippen molar-refractivity contribution in [2.75, 3.05) is 0 Å². The minimum atomic E-state index is 0.196. The van der Waals surface area contributed by atoms with Crippen LogP contribution in [-0.2, 0) is 12.8 Å². The van der Waals surface area contributed by atoms with Crippen LogP contribution in [-0.4, -0.2) is 11.0 Å². The van der Waals surface area contributed by atoms with Crippen LogP contribution in [0.1, 0.15) is 16.3 Å². The van der Waals surface area contributed by atoms with Crippen molar-refractivity contribution < 1.29 is 0 Å². The van der Waals surface area contributed by atoms with Gasteiger partial charge in [0, 0.05) is 23.5 Å². The highest BCUT2D eigenvalue weighted by Gasteiger charge is 2.12. The molecule has 1 atom stereocenters. The molecule has 1 heterocycles. The molecule has 3 N–H and O–H groups in total. The van der Waals surface area contributed by atoms with Gasteiger partial charge in [0.25, 0.3) is 0 Å². The maximum absolute atomic E-state index is 5.75. The van der Waals surface area contributed by atoms with Gasteiger partial charge in [0.05, 0.1) is 5.01 Å². The molecule has 2 aromatic carbocycles. The summed E-state index contributed by atoms with van der Waals surface area (Å²) in [6, 6.07) is 15.1. The smallest absolute Gasteiger partial charge is 0.0944 e. The molecule has 1 unspecified atom stereocenters. The molecule has 3 nitrogen and oxygen atoms in total. The summed E-state index contributed by atoms with van der Waals surface area (Å²) in [4.78, 5) is 4.53. The Bertz CT molecular complexity index is 730. The Morgan fingerprint density at radius 3 is 2.71 bits per heavy atom. The van der Waals surface area contributed by atoms with E-state index < -0.39 is 0 Å². The monoisotopic (exact) mass is 297 g/mol. The van der Waals surface area contributed by atoms with Gasteiger partial charge < -0.3 is 0 Å². The third-order valence-electron chi connectivity index (χ3n) is 3.67. The van der Waals surface area contributed by atoms with Crippen molar-refractivity contribution in [3.8, 4) is 0 Å². The average molecular weight is 297 g/mol. The largest absolute Gasteiger partial charge is 0.271 e. The Labute approximate surface area is 128 Å². The fourth-order valence-corrected chi connectivity index (χ4v) is 3.49. The quantitative estimate of drug-likeness (QED) is 0.561. The Kier molecular flexibility index (Phi) is 4.29. The van der Waals surface area contributed by atoms with Gasteiger partial charge in [0.15, 0.2) is 0 Å². The van der Waals surface area contributed by atoms with E-state index in [1.54, 1.807) is 11.3 Å². The molecule has 3 rings (SSSR count). The fraction of sp³-hybridized carbons (Fsp3) is 0.235. The predicted octanol–water partition coefficient (Wildman–Crippen LogP) is 3.22. The second kappa shape index (κ2) is 6.35. The summed E-state index contributed by atoms with van der Waals surface area (Å²) < 4.78 is 0. The van der Waals surface area contributed by atoms with Crippen LogP contribution in [0, 0.1) is 6.92 Å². The Morgan fingerprint density at radius 1 is 1.14 bits per heavy atom. The highest BCUT2D eigenvalue weighted by molar-refractivity contribution is 7.09. The highest BCUT2D eigenvalue weighted by Crippen LogP contribution is 2.21. The number of nitrogens with two attached hydrogens (primary N) is 1. The molecule has 0 aliphatic carbocycles. The predicted molar refractivity (Wildman–Crippen MR) is 89.3 cm³/mol. The van der Waals surface area contributed by atoms with Gasteiger partial charge in [-0.1, -0.05) is 42.5 Å². The number of hydrogen-bond acceptors (Lipinski definition) is 4. The van der Waals surface area contributed by atoms with Crippen LogP contribution in [0.5, 0.6) is 0 Å². The lowest BCUT2D eigenvalue weighted by atomic mass is 9.98. The number of hydrogen-bond donors (Lipinski definition) is 2. The zero-order chi connectivity index (χ0) is 14.7. The van der Waals surface area contributed by atoms with Gasteiger partial charge in [-0.25, -0.2) is 4.98 Å². The summed E-state index contributed by atoms with van der Waals surface area (Å²) in [5, 5.41) is 5.79. The van der Waals surface area contributed by atoms with Crippen LogP contribution in [0.4, 0.5) is 0 Å². The maximum atomic E-state index is 5.75. The van der Waals surface area contributed by atoms with Crippen molar-refractivity contribution in [3.63, 3.8) is 0 Å². The Balaban J connectivity index is 1.82. The summed E-state index contributed by atoms with van der Waals surface area (Å²) >= 11 is 1.70. The van der Waals surface area contributed by atoms with Crippen molar-refractivity contribution in [1.29, 1.82) is 0 Å². The lowest BCUT2D eigenvalue weighted by molar-refractivity contribution is 0.522. The topological polar surface area (TPSA) is 50.9 Å². The number of benzene rings is 2. The van der Waals surface area contributed by atoms with E-state index in [1.807, 2.05) is 6.92 Å². The summed E-state index contributed by atoms with van der Waals surface area (Å²) in [6.07, 6.45) is 1.76. The third-order valence-corrected chi connectivity index (χ3v) is 4.66. The molecule has 0 fully saturated rings.